The summed E-state index contributed by atoms with van der Waals surface area (Å²) in [6, 6.07) is 14.1. The van der Waals surface area contributed by atoms with Gasteiger partial charge in [-0.2, -0.15) is 0 Å². The van der Waals surface area contributed by atoms with Gasteiger partial charge in [-0.15, -0.1) is 0 Å². The van der Waals surface area contributed by atoms with E-state index in [0.717, 1.165) is 0 Å². The third-order valence-electron chi connectivity index (χ3n) is 7.40. The fourth-order valence-corrected chi connectivity index (χ4v) is 5.08. The maximum absolute atomic E-state index is 2.56. The van der Waals surface area contributed by atoms with Crippen molar-refractivity contribution in [3.05, 3.63) is 59.9 Å². The molecule has 1 saturated carbocycles. The molecular formula is C31H47N2+. The summed E-state index contributed by atoms with van der Waals surface area (Å²) < 4.78 is 2.07. The summed E-state index contributed by atoms with van der Waals surface area (Å²) >= 11 is 0. The van der Waals surface area contributed by atoms with E-state index in [-0.39, 0.29) is 0 Å². The lowest BCUT2D eigenvalue weighted by atomic mass is 9.97. The lowest BCUT2D eigenvalue weighted by Gasteiger charge is -2.31. The van der Waals surface area contributed by atoms with E-state index in [1.54, 1.807) is 0 Å². The van der Waals surface area contributed by atoms with E-state index in [1.807, 2.05) is 0 Å². The predicted octanol–water partition coefficient (Wildman–Crippen LogP) is 8.35. The fourth-order valence-electron chi connectivity index (χ4n) is 5.08. The zero-order valence-electron chi connectivity index (χ0n) is 21.4. The molecule has 1 aromatic carbocycles. The van der Waals surface area contributed by atoms with Gasteiger partial charge in [0.25, 0.3) is 0 Å². The van der Waals surface area contributed by atoms with Crippen molar-refractivity contribution in [2.75, 3.05) is 11.9 Å². The minimum atomic E-state index is 0.671. The summed E-state index contributed by atoms with van der Waals surface area (Å²) in [6.45, 7) is 0. The Morgan fingerprint density at radius 2 is 1.00 bits per heavy atom. The lowest BCUT2D eigenvalue weighted by molar-refractivity contribution is -0.671. The zero-order valence-corrected chi connectivity index (χ0v) is 21.4. The molecule has 0 amide bonds. The Balaban J connectivity index is 1.55. The monoisotopic (exact) mass is 447 g/mol. The standard InChI is InChI=1S/C31H47N2/c1-32-26-24-29(25-27-32)19-18-28-20-22-31(23-21-28)33(2)30-16-14-12-10-8-6-4-3-5-7-9-11-13-15-17-30/h18-27,30H,3-17H2,1-2H3/q+1. The molecule has 2 heteroatoms. The van der Waals surface area contributed by atoms with E-state index >= 15 is 0 Å². The van der Waals surface area contributed by atoms with Crippen LogP contribution in [0, 0.1) is 0 Å². The van der Waals surface area contributed by atoms with Crippen LogP contribution in [0.4, 0.5) is 5.69 Å². The first kappa shape index (κ1) is 25.5. The number of hydrogen-bond donors (Lipinski definition) is 0. The second-order valence-electron chi connectivity index (χ2n) is 10.2. The Hall–Kier alpha value is -2.09. The molecule has 0 aliphatic heterocycles. The van der Waals surface area contributed by atoms with Crippen molar-refractivity contribution in [1.82, 2.24) is 0 Å². The molecule has 0 bridgehead atoms. The van der Waals surface area contributed by atoms with Crippen molar-refractivity contribution in [3.8, 4) is 0 Å². The lowest BCUT2D eigenvalue weighted by Crippen LogP contribution is -2.31. The highest BCUT2D eigenvalue weighted by atomic mass is 15.1. The van der Waals surface area contributed by atoms with E-state index in [2.05, 4.69) is 84.5 Å². The van der Waals surface area contributed by atoms with Crippen molar-refractivity contribution in [3.63, 3.8) is 0 Å². The van der Waals surface area contributed by atoms with Gasteiger partial charge in [-0.25, -0.2) is 4.57 Å². The normalized spacial score (nSPS) is 18.4. The minimum Gasteiger partial charge on any atom is -0.372 e. The van der Waals surface area contributed by atoms with Crippen LogP contribution in [0.1, 0.15) is 107 Å². The largest absolute Gasteiger partial charge is 0.372 e. The average molecular weight is 448 g/mol. The van der Waals surface area contributed by atoms with Gasteiger partial charge in [0.2, 0.25) is 0 Å². The molecule has 0 saturated heterocycles. The first-order chi connectivity index (χ1) is 16.2. The molecule has 0 atom stereocenters. The summed E-state index contributed by atoms with van der Waals surface area (Å²) in [5.74, 6) is 0. The van der Waals surface area contributed by atoms with Crippen LogP contribution < -0.4 is 9.47 Å². The van der Waals surface area contributed by atoms with E-state index in [9.17, 15) is 0 Å². The molecule has 2 aromatic rings. The van der Waals surface area contributed by atoms with Gasteiger partial charge in [0.15, 0.2) is 12.4 Å². The highest BCUT2D eigenvalue weighted by Gasteiger charge is 2.15. The molecule has 1 heterocycles. The average Bonchev–Trinajstić information content (AvgIpc) is 2.84. The number of nitrogens with zero attached hydrogens (tertiary/aromatic N) is 2. The molecule has 0 N–H and O–H groups in total. The van der Waals surface area contributed by atoms with Gasteiger partial charge in [-0.1, -0.05) is 108 Å². The third kappa shape index (κ3) is 9.74. The molecule has 180 valence electrons. The van der Waals surface area contributed by atoms with E-state index in [0.29, 0.717) is 6.04 Å². The Kier molecular flexibility index (Phi) is 11.6. The number of pyridine rings is 1. The second-order valence-corrected chi connectivity index (χ2v) is 10.2. The quantitative estimate of drug-likeness (QED) is 0.427. The van der Waals surface area contributed by atoms with Gasteiger partial charge in [0.1, 0.15) is 7.05 Å². The minimum absolute atomic E-state index is 0.671. The molecular weight excluding hydrogens is 400 g/mol. The second kappa shape index (κ2) is 14.9. The molecule has 1 fully saturated rings. The fraction of sp³-hybridized carbons (Fsp3) is 0.581. The smallest absolute Gasteiger partial charge is 0.169 e. The van der Waals surface area contributed by atoms with Gasteiger partial charge in [-0.3, -0.25) is 0 Å². The summed E-state index contributed by atoms with van der Waals surface area (Å²) in [6.07, 6.45) is 29.9. The predicted molar refractivity (Wildman–Crippen MR) is 144 cm³/mol. The molecule has 0 spiro atoms. The first-order valence-corrected chi connectivity index (χ1v) is 13.7. The molecule has 1 aliphatic rings. The molecule has 33 heavy (non-hydrogen) atoms. The Morgan fingerprint density at radius 1 is 0.606 bits per heavy atom. The maximum atomic E-state index is 2.56. The van der Waals surface area contributed by atoms with Crippen LogP contribution in [0.5, 0.6) is 0 Å². The Labute approximate surface area is 203 Å². The van der Waals surface area contributed by atoms with Crippen molar-refractivity contribution in [2.24, 2.45) is 7.05 Å². The number of anilines is 1. The van der Waals surface area contributed by atoms with Gasteiger partial charge in [0, 0.05) is 30.9 Å². The maximum Gasteiger partial charge on any atom is 0.169 e. The molecule has 0 radical (unpaired) electrons. The van der Waals surface area contributed by atoms with Gasteiger partial charge < -0.3 is 4.90 Å². The van der Waals surface area contributed by atoms with E-state index in [4.69, 9.17) is 0 Å². The van der Waals surface area contributed by atoms with Crippen LogP contribution in [0.2, 0.25) is 0 Å². The van der Waals surface area contributed by atoms with Gasteiger partial charge >= 0.3 is 0 Å². The molecule has 3 rings (SSSR count). The summed E-state index contributed by atoms with van der Waals surface area (Å²) in [5.41, 5.74) is 3.86. The van der Waals surface area contributed by atoms with Crippen LogP contribution in [0.15, 0.2) is 48.8 Å². The van der Waals surface area contributed by atoms with Crippen LogP contribution in [0.25, 0.3) is 12.2 Å². The van der Waals surface area contributed by atoms with Crippen LogP contribution in [-0.4, -0.2) is 13.1 Å². The number of benzene rings is 1. The SMILES string of the molecule is CN(c1ccc(/C=C/c2cc[n+](C)cc2)cc1)C1CCCCCCCCCCCCCCC1. The molecule has 0 unspecified atom stereocenters. The summed E-state index contributed by atoms with van der Waals surface area (Å²) in [7, 11) is 4.37. The molecule has 2 nitrogen and oxygen atoms in total. The number of aromatic nitrogens is 1. The van der Waals surface area contributed by atoms with Crippen molar-refractivity contribution < 1.29 is 4.57 Å². The van der Waals surface area contributed by atoms with E-state index < -0.39 is 0 Å². The van der Waals surface area contributed by atoms with Crippen molar-refractivity contribution >= 4 is 17.8 Å². The van der Waals surface area contributed by atoms with E-state index in [1.165, 1.54) is 113 Å². The number of aryl methyl sites for hydroxylation is 1. The number of hydrogen-bond acceptors (Lipinski definition) is 1. The van der Waals surface area contributed by atoms with Crippen LogP contribution in [-0.2, 0) is 7.05 Å². The van der Waals surface area contributed by atoms with Crippen molar-refractivity contribution in [1.29, 1.82) is 0 Å². The van der Waals surface area contributed by atoms with Gasteiger partial charge in [-0.05, 0) is 36.1 Å². The summed E-state index contributed by atoms with van der Waals surface area (Å²) in [5, 5.41) is 0. The third-order valence-corrected chi connectivity index (χ3v) is 7.40. The Morgan fingerprint density at radius 3 is 1.45 bits per heavy atom. The van der Waals surface area contributed by atoms with Crippen molar-refractivity contribution in [2.45, 2.75) is 102 Å². The van der Waals surface area contributed by atoms with Gasteiger partial charge in [0.05, 0.1) is 0 Å². The molecule has 1 aromatic heterocycles. The highest BCUT2D eigenvalue weighted by molar-refractivity contribution is 5.70. The first-order valence-electron chi connectivity index (χ1n) is 13.7. The van der Waals surface area contributed by atoms with Crippen LogP contribution >= 0.6 is 0 Å². The Bertz CT molecular complexity index is 775. The zero-order chi connectivity index (χ0) is 23.1. The van der Waals surface area contributed by atoms with Crippen LogP contribution in [0.3, 0.4) is 0 Å². The summed E-state index contributed by atoms with van der Waals surface area (Å²) in [4.78, 5) is 2.56. The molecule has 1 aliphatic carbocycles. The number of rotatable bonds is 4. The topological polar surface area (TPSA) is 7.12 Å². The highest BCUT2D eigenvalue weighted by Crippen LogP contribution is 2.24.